The van der Waals surface area contributed by atoms with E-state index in [1.165, 1.54) is 57.8 Å². The summed E-state index contributed by atoms with van der Waals surface area (Å²) < 4.78 is 23.6. The molecule has 0 radical (unpaired) electrons. The van der Waals surface area contributed by atoms with Crippen molar-refractivity contribution in [1.82, 2.24) is 5.32 Å². The second-order valence-electron chi connectivity index (χ2n) is 18.5. The van der Waals surface area contributed by atoms with Gasteiger partial charge in [-0.1, -0.05) is 206 Å². The number of hydrogen-bond donors (Lipinski definition) is 3. The molecule has 1 amide bonds. The molecule has 3 unspecified atom stereocenters. The number of aliphatic hydroxyl groups excluding tert-OH is 1. The van der Waals surface area contributed by atoms with E-state index < -0.39 is 20.0 Å². The lowest BCUT2D eigenvalue weighted by molar-refractivity contribution is -0.870. The maximum absolute atomic E-state index is 12.9. The smallest absolute Gasteiger partial charge is 0.387 e. The second kappa shape index (κ2) is 47.9. The van der Waals surface area contributed by atoms with Gasteiger partial charge in [0.25, 0.3) is 0 Å². The van der Waals surface area contributed by atoms with Crippen molar-refractivity contribution in [3.63, 3.8) is 0 Å². The largest absolute Gasteiger partial charge is 0.472 e. The predicted octanol–water partition coefficient (Wildman–Crippen LogP) is 15.8. The van der Waals surface area contributed by atoms with E-state index in [9.17, 15) is 19.4 Å². The third-order valence-electron chi connectivity index (χ3n) is 10.9. The van der Waals surface area contributed by atoms with Crippen molar-refractivity contribution in [2.24, 2.45) is 0 Å². The number of phosphoric acid groups is 1. The van der Waals surface area contributed by atoms with E-state index in [0.717, 1.165) is 109 Å². The van der Waals surface area contributed by atoms with Crippen LogP contribution in [0.3, 0.4) is 0 Å². The highest BCUT2D eigenvalue weighted by Crippen LogP contribution is 2.43. The Bertz CT molecular complexity index is 1500. The Balaban J connectivity index is 4.31. The number of likely N-dealkylation sites (N-methyl/N-ethyl adjacent to an activating group) is 1. The Labute approximate surface area is 412 Å². The molecule has 0 fully saturated rings. The average molecular weight is 952 g/mol. The number of aliphatic hydroxyl groups is 1. The fraction of sp³-hybridized carbons (Fsp3) is 0.638. The minimum Gasteiger partial charge on any atom is -0.387 e. The number of carbonyl (C=O) groups excluding carboxylic acids is 1. The van der Waals surface area contributed by atoms with Crippen molar-refractivity contribution in [3.05, 3.63) is 122 Å². The summed E-state index contributed by atoms with van der Waals surface area (Å²) in [7, 11) is 1.52. The van der Waals surface area contributed by atoms with Gasteiger partial charge in [0.15, 0.2) is 0 Å². The molecule has 0 bridgehead atoms. The Morgan fingerprint density at radius 1 is 0.522 bits per heavy atom. The van der Waals surface area contributed by atoms with Gasteiger partial charge in [-0.2, -0.15) is 0 Å². The van der Waals surface area contributed by atoms with Crippen LogP contribution >= 0.6 is 7.82 Å². The summed E-state index contributed by atoms with van der Waals surface area (Å²) in [6.45, 7) is 4.64. The Hall–Kier alpha value is -3.10. The molecule has 0 heterocycles. The molecular formula is C58H100N2O6P+. The first-order chi connectivity index (χ1) is 32.5. The van der Waals surface area contributed by atoms with E-state index in [-0.39, 0.29) is 19.1 Å². The summed E-state index contributed by atoms with van der Waals surface area (Å²) in [6, 6.07) is -0.880. The molecule has 9 heteroatoms. The number of nitrogens with zero attached hydrogens (tertiary/aromatic N) is 1. The monoisotopic (exact) mass is 952 g/mol. The average Bonchev–Trinajstić information content (AvgIpc) is 3.29. The maximum Gasteiger partial charge on any atom is 0.472 e. The SMILES string of the molecule is CC/C=C\C/C=C\C/C=C\C/C=C\C/C=C\C/C=C\C/C=C\C/C=C\CCCCCCCCC(=O)NC(COP(=O)(O)OCC[N+](C)(C)C)C(O)/C=C/CC/C=C/CCCCCCCCCC. The standard InChI is InChI=1S/C58H99N2O6P/c1-6-8-10-12-14-16-18-20-22-23-24-25-26-27-28-29-30-31-32-33-34-35-36-37-38-40-42-44-46-48-50-52-58(62)59-56(55-66-67(63,64)65-54-53-60(3,4)5)57(61)51-49-47-45-43-41-39-21-19-17-15-13-11-9-7-2/h8,10,14,16,20,22,24-25,27-28,30-31,33-34,36-37,41,43,49,51,56-57,61H,6-7,9,11-13,15,17-19,21,23,26,29,32,35,38-40,42,44-48,50,52-55H2,1-5H3,(H-,59,62,63,64)/p+1/b10-8-,16-14-,22-20-,25-24-,28-27-,31-30-,34-33-,37-36-,43-41+,51-49+. The Morgan fingerprint density at radius 3 is 1.37 bits per heavy atom. The van der Waals surface area contributed by atoms with Crippen LogP contribution in [0, 0.1) is 0 Å². The molecule has 0 aliphatic rings. The summed E-state index contributed by atoms with van der Waals surface area (Å²) >= 11 is 0. The van der Waals surface area contributed by atoms with Crippen molar-refractivity contribution in [2.75, 3.05) is 40.9 Å². The Morgan fingerprint density at radius 2 is 0.910 bits per heavy atom. The van der Waals surface area contributed by atoms with E-state index in [1.807, 2.05) is 27.2 Å². The predicted molar refractivity (Wildman–Crippen MR) is 290 cm³/mol. The molecule has 0 spiro atoms. The van der Waals surface area contributed by atoms with E-state index >= 15 is 0 Å². The van der Waals surface area contributed by atoms with Crippen LogP contribution in [-0.2, 0) is 18.4 Å². The molecule has 0 aromatic carbocycles. The number of unbranched alkanes of at least 4 members (excludes halogenated alkanes) is 15. The number of quaternary nitrogens is 1. The van der Waals surface area contributed by atoms with Gasteiger partial charge >= 0.3 is 7.82 Å². The number of rotatable bonds is 46. The molecule has 382 valence electrons. The van der Waals surface area contributed by atoms with Gasteiger partial charge in [0.2, 0.25) is 5.91 Å². The third kappa shape index (κ3) is 50.6. The summed E-state index contributed by atoms with van der Waals surface area (Å²) in [5.41, 5.74) is 0. The number of amides is 1. The summed E-state index contributed by atoms with van der Waals surface area (Å²) in [5.74, 6) is -0.208. The summed E-state index contributed by atoms with van der Waals surface area (Å²) in [5, 5.41) is 13.8. The van der Waals surface area contributed by atoms with E-state index in [1.54, 1.807) is 6.08 Å². The molecule has 3 atom stereocenters. The minimum atomic E-state index is -4.36. The normalized spacial score (nSPS) is 15.0. The molecule has 0 aliphatic carbocycles. The topological polar surface area (TPSA) is 105 Å². The van der Waals surface area contributed by atoms with E-state index in [4.69, 9.17) is 9.05 Å². The van der Waals surface area contributed by atoms with E-state index in [0.29, 0.717) is 17.4 Å². The molecule has 0 rings (SSSR count). The van der Waals surface area contributed by atoms with Gasteiger partial charge in [0, 0.05) is 6.42 Å². The number of hydrogen-bond acceptors (Lipinski definition) is 5. The van der Waals surface area contributed by atoms with Crippen molar-refractivity contribution in [2.45, 2.75) is 199 Å². The lowest BCUT2D eigenvalue weighted by atomic mass is 10.1. The summed E-state index contributed by atoms with van der Waals surface area (Å²) in [6.07, 6.45) is 71.4. The van der Waals surface area contributed by atoms with Gasteiger partial charge in [-0.25, -0.2) is 4.57 Å². The zero-order chi connectivity index (χ0) is 49.2. The van der Waals surface area contributed by atoms with Crippen LogP contribution in [0.5, 0.6) is 0 Å². The van der Waals surface area contributed by atoms with Crippen molar-refractivity contribution in [1.29, 1.82) is 0 Å². The molecule has 0 aromatic heterocycles. The summed E-state index contributed by atoms with van der Waals surface area (Å²) in [4.78, 5) is 23.2. The van der Waals surface area contributed by atoms with Gasteiger partial charge in [-0.05, 0) is 96.3 Å². The van der Waals surface area contributed by atoms with Crippen LogP contribution in [0.1, 0.15) is 187 Å². The molecule has 0 saturated carbocycles. The van der Waals surface area contributed by atoms with Crippen LogP contribution in [-0.4, -0.2) is 73.4 Å². The fourth-order valence-electron chi connectivity index (χ4n) is 6.78. The van der Waals surface area contributed by atoms with Crippen LogP contribution in [0.4, 0.5) is 0 Å². The van der Waals surface area contributed by atoms with Gasteiger partial charge in [0.1, 0.15) is 13.2 Å². The fourth-order valence-corrected chi connectivity index (χ4v) is 7.51. The highest BCUT2D eigenvalue weighted by atomic mass is 31.2. The highest BCUT2D eigenvalue weighted by Gasteiger charge is 2.27. The molecule has 3 N–H and O–H groups in total. The van der Waals surface area contributed by atoms with E-state index in [2.05, 4.69) is 129 Å². The number of phosphoric ester groups is 1. The van der Waals surface area contributed by atoms with Gasteiger partial charge in [-0.15, -0.1) is 0 Å². The zero-order valence-corrected chi connectivity index (χ0v) is 44.2. The first-order valence-corrected chi connectivity index (χ1v) is 27.9. The van der Waals surface area contributed by atoms with Crippen LogP contribution in [0.15, 0.2) is 122 Å². The van der Waals surface area contributed by atoms with Crippen LogP contribution in [0.2, 0.25) is 0 Å². The van der Waals surface area contributed by atoms with Crippen LogP contribution < -0.4 is 5.32 Å². The van der Waals surface area contributed by atoms with Crippen molar-refractivity contribution >= 4 is 13.7 Å². The number of allylic oxidation sites excluding steroid dienone is 19. The van der Waals surface area contributed by atoms with Gasteiger partial charge < -0.3 is 19.8 Å². The third-order valence-corrected chi connectivity index (χ3v) is 11.9. The molecule has 0 aromatic rings. The highest BCUT2D eigenvalue weighted by molar-refractivity contribution is 7.47. The minimum absolute atomic E-state index is 0.0461. The van der Waals surface area contributed by atoms with Gasteiger partial charge in [0.05, 0.1) is 39.9 Å². The lowest BCUT2D eigenvalue weighted by Crippen LogP contribution is -2.45. The second-order valence-corrected chi connectivity index (χ2v) is 20.0. The quantitative estimate of drug-likeness (QED) is 0.0243. The van der Waals surface area contributed by atoms with Crippen LogP contribution in [0.25, 0.3) is 0 Å². The molecule has 0 saturated heterocycles. The van der Waals surface area contributed by atoms with Gasteiger partial charge in [-0.3, -0.25) is 13.8 Å². The first kappa shape index (κ1) is 63.9. The zero-order valence-electron chi connectivity index (χ0n) is 43.3. The van der Waals surface area contributed by atoms with Crippen molar-refractivity contribution in [3.8, 4) is 0 Å². The molecular weight excluding hydrogens is 852 g/mol. The first-order valence-electron chi connectivity index (χ1n) is 26.4. The number of nitrogens with one attached hydrogen (secondary N) is 1. The maximum atomic E-state index is 12.9. The Kier molecular flexibility index (Phi) is 45.7. The molecule has 67 heavy (non-hydrogen) atoms. The lowest BCUT2D eigenvalue weighted by Gasteiger charge is -2.25. The van der Waals surface area contributed by atoms with Crippen molar-refractivity contribution < 1.29 is 32.9 Å². The number of carbonyl (C=O) groups is 1. The molecule has 8 nitrogen and oxygen atoms in total. The molecule has 0 aliphatic heterocycles.